The van der Waals surface area contributed by atoms with Crippen LogP contribution in [0, 0.1) is 19.7 Å². The number of aliphatic carboxylic acids is 1. The SMILES string of the molecule is CCn1nnc2c(C)c(C(CC(=O)O)c3ccc(C)c(CN4CCCOCCOc5ccc(F)cc5S4(=O)=O)n3)ccc21. The highest BCUT2D eigenvalue weighted by Gasteiger charge is 2.31. The standard InChI is InChI=1S/C30H34FN5O6S/c1-4-36-26-10-8-22(20(3)30(26)33-34-36)23(17-29(37)38)24-9-6-19(2)25(32-24)18-35-12-5-13-41-14-15-42-27-11-7-21(31)16-28(27)43(35,39)40/h6-11,16,23H,4-5,12-15,17-18H2,1-3H3,(H,37,38). The summed E-state index contributed by atoms with van der Waals surface area (Å²) in [6, 6.07) is 10.8. The Hall–Kier alpha value is -3.94. The van der Waals surface area contributed by atoms with Gasteiger partial charge in [0.1, 0.15) is 28.6 Å². The van der Waals surface area contributed by atoms with Gasteiger partial charge in [-0.1, -0.05) is 17.3 Å². The van der Waals surface area contributed by atoms with Crippen LogP contribution in [0.3, 0.4) is 0 Å². The topological polar surface area (TPSA) is 137 Å². The van der Waals surface area contributed by atoms with E-state index in [4.69, 9.17) is 14.5 Å². The Morgan fingerprint density at radius 1 is 1.12 bits per heavy atom. The van der Waals surface area contributed by atoms with E-state index in [0.717, 1.165) is 34.3 Å². The summed E-state index contributed by atoms with van der Waals surface area (Å²) >= 11 is 0. The molecule has 1 aliphatic rings. The predicted octanol–water partition coefficient (Wildman–Crippen LogP) is 4.20. The van der Waals surface area contributed by atoms with Crippen molar-refractivity contribution in [2.75, 3.05) is 26.4 Å². The number of carboxylic acids is 1. The minimum atomic E-state index is -4.21. The van der Waals surface area contributed by atoms with Crippen LogP contribution in [0.1, 0.15) is 53.8 Å². The first-order chi connectivity index (χ1) is 20.6. The fourth-order valence-corrected chi connectivity index (χ4v) is 6.92. The largest absolute Gasteiger partial charge is 0.490 e. The van der Waals surface area contributed by atoms with Gasteiger partial charge < -0.3 is 14.6 Å². The molecule has 1 atom stereocenters. The average Bonchev–Trinajstić information content (AvgIpc) is 3.39. The Morgan fingerprint density at radius 2 is 1.93 bits per heavy atom. The van der Waals surface area contributed by atoms with Gasteiger partial charge in [0, 0.05) is 31.3 Å². The first-order valence-electron chi connectivity index (χ1n) is 14.1. The van der Waals surface area contributed by atoms with Crippen LogP contribution in [-0.2, 0) is 32.6 Å². The first kappa shape index (κ1) is 30.5. The van der Waals surface area contributed by atoms with E-state index in [1.165, 1.54) is 10.4 Å². The third-order valence-corrected chi connectivity index (χ3v) is 9.51. The van der Waals surface area contributed by atoms with Crippen molar-refractivity contribution in [1.82, 2.24) is 24.3 Å². The van der Waals surface area contributed by atoms with Crippen LogP contribution in [0.2, 0.25) is 0 Å². The van der Waals surface area contributed by atoms with Gasteiger partial charge >= 0.3 is 5.97 Å². The van der Waals surface area contributed by atoms with E-state index in [1.54, 1.807) is 10.7 Å². The van der Waals surface area contributed by atoms with Crippen molar-refractivity contribution in [3.05, 3.63) is 76.4 Å². The summed E-state index contributed by atoms with van der Waals surface area (Å²) in [5, 5.41) is 18.4. The highest BCUT2D eigenvalue weighted by atomic mass is 32.2. The molecule has 0 fully saturated rings. The maximum Gasteiger partial charge on any atom is 0.304 e. The minimum Gasteiger partial charge on any atom is -0.490 e. The maximum absolute atomic E-state index is 14.3. The molecular formula is C30H34FN5O6S. The van der Waals surface area contributed by atoms with Crippen LogP contribution < -0.4 is 4.74 Å². The van der Waals surface area contributed by atoms with Crippen LogP contribution >= 0.6 is 0 Å². The molecule has 4 aromatic rings. The van der Waals surface area contributed by atoms with Crippen molar-refractivity contribution >= 4 is 27.0 Å². The number of carbonyl (C=O) groups is 1. The Bertz CT molecular complexity index is 1760. The zero-order valence-corrected chi connectivity index (χ0v) is 25.1. The molecule has 13 heteroatoms. The fourth-order valence-electron chi connectivity index (χ4n) is 5.33. The molecule has 0 saturated heterocycles. The first-order valence-corrected chi connectivity index (χ1v) is 15.5. The van der Waals surface area contributed by atoms with Crippen LogP contribution in [0.4, 0.5) is 4.39 Å². The molecule has 0 amide bonds. The molecule has 1 unspecified atom stereocenters. The van der Waals surface area contributed by atoms with Crippen LogP contribution in [0.25, 0.3) is 11.0 Å². The number of sulfonamides is 1. The van der Waals surface area contributed by atoms with E-state index in [1.807, 2.05) is 39.0 Å². The number of pyridine rings is 1. The van der Waals surface area contributed by atoms with Crippen molar-refractivity contribution in [2.45, 2.75) is 57.5 Å². The number of hydrogen-bond acceptors (Lipinski definition) is 8. The smallest absolute Gasteiger partial charge is 0.304 e. The normalized spacial score (nSPS) is 16.7. The molecule has 2 aromatic heterocycles. The van der Waals surface area contributed by atoms with E-state index in [-0.39, 0.29) is 43.4 Å². The van der Waals surface area contributed by atoms with E-state index in [9.17, 15) is 22.7 Å². The fraction of sp³-hybridized carbons (Fsp3) is 0.400. The second-order valence-corrected chi connectivity index (χ2v) is 12.4. The second-order valence-electron chi connectivity index (χ2n) is 10.4. The van der Waals surface area contributed by atoms with E-state index in [2.05, 4.69) is 10.3 Å². The number of halogens is 1. The zero-order valence-electron chi connectivity index (χ0n) is 24.3. The summed E-state index contributed by atoms with van der Waals surface area (Å²) in [5.74, 6) is -2.28. The number of ether oxygens (including phenoxy) is 2. The molecule has 0 radical (unpaired) electrons. The molecular weight excluding hydrogens is 577 g/mol. The molecule has 3 heterocycles. The van der Waals surface area contributed by atoms with Crippen molar-refractivity contribution in [2.24, 2.45) is 0 Å². The predicted molar refractivity (Wildman–Crippen MR) is 156 cm³/mol. The number of fused-ring (bicyclic) bond motifs is 2. The third-order valence-electron chi connectivity index (χ3n) is 7.65. The van der Waals surface area contributed by atoms with Gasteiger partial charge in [0.2, 0.25) is 10.0 Å². The summed E-state index contributed by atoms with van der Waals surface area (Å²) in [6.45, 7) is 7.02. The molecule has 0 saturated carbocycles. The highest BCUT2D eigenvalue weighted by Crippen LogP contribution is 2.34. The number of benzene rings is 2. The Labute approximate surface area is 249 Å². The van der Waals surface area contributed by atoms with Gasteiger partial charge in [-0.15, -0.1) is 5.10 Å². The van der Waals surface area contributed by atoms with Crippen molar-refractivity contribution < 1.29 is 32.2 Å². The minimum absolute atomic E-state index is 0.0442. The third kappa shape index (κ3) is 6.38. The number of rotatable bonds is 7. The van der Waals surface area contributed by atoms with Crippen LogP contribution in [0.5, 0.6) is 5.75 Å². The summed E-state index contributed by atoms with van der Waals surface area (Å²) in [7, 11) is -4.21. The lowest BCUT2D eigenvalue weighted by atomic mass is 9.88. The molecule has 11 nitrogen and oxygen atoms in total. The average molecular weight is 612 g/mol. The van der Waals surface area contributed by atoms with Gasteiger partial charge in [-0.05, 0) is 74.2 Å². The zero-order chi connectivity index (χ0) is 30.7. The van der Waals surface area contributed by atoms with Crippen molar-refractivity contribution in [3.8, 4) is 5.75 Å². The second kappa shape index (κ2) is 12.7. The molecule has 5 rings (SSSR count). The molecule has 1 N–H and O–H groups in total. The van der Waals surface area contributed by atoms with Gasteiger partial charge in [-0.25, -0.2) is 17.5 Å². The van der Waals surface area contributed by atoms with E-state index >= 15 is 0 Å². The van der Waals surface area contributed by atoms with Crippen LogP contribution in [0.15, 0.2) is 47.4 Å². The lowest BCUT2D eigenvalue weighted by Gasteiger charge is -2.24. The van der Waals surface area contributed by atoms with Gasteiger partial charge in [-0.2, -0.15) is 4.31 Å². The summed E-state index contributed by atoms with van der Waals surface area (Å²) in [5.41, 5.74) is 4.77. The van der Waals surface area contributed by atoms with E-state index in [0.29, 0.717) is 36.5 Å². The molecule has 0 aliphatic carbocycles. The number of aryl methyl sites for hydroxylation is 3. The number of hydrogen-bond donors (Lipinski definition) is 1. The van der Waals surface area contributed by atoms with Gasteiger partial charge in [-0.3, -0.25) is 9.78 Å². The van der Waals surface area contributed by atoms with Gasteiger partial charge in [0.15, 0.2) is 0 Å². The van der Waals surface area contributed by atoms with E-state index < -0.39 is 27.7 Å². The molecule has 2 aromatic carbocycles. The highest BCUT2D eigenvalue weighted by molar-refractivity contribution is 7.89. The maximum atomic E-state index is 14.3. The van der Waals surface area contributed by atoms with Crippen LogP contribution in [-0.4, -0.2) is 70.1 Å². The molecule has 0 bridgehead atoms. The number of aromatic nitrogens is 4. The molecule has 0 spiro atoms. The Morgan fingerprint density at radius 3 is 2.70 bits per heavy atom. The van der Waals surface area contributed by atoms with Gasteiger partial charge in [0.25, 0.3) is 0 Å². The quantitative estimate of drug-likeness (QED) is 0.326. The number of nitrogens with zero attached hydrogens (tertiary/aromatic N) is 5. The summed E-state index contributed by atoms with van der Waals surface area (Å²) < 4.78 is 56.4. The molecule has 43 heavy (non-hydrogen) atoms. The summed E-state index contributed by atoms with van der Waals surface area (Å²) in [4.78, 5) is 16.6. The Balaban J connectivity index is 1.55. The van der Waals surface area contributed by atoms with Gasteiger partial charge in [0.05, 0.1) is 30.8 Å². The summed E-state index contributed by atoms with van der Waals surface area (Å²) in [6.07, 6.45) is 0.176. The molecule has 1 aliphatic heterocycles. The number of carboxylic acid groups (broad SMARTS) is 1. The lowest BCUT2D eigenvalue weighted by Crippen LogP contribution is -2.33. The lowest BCUT2D eigenvalue weighted by molar-refractivity contribution is -0.137. The van der Waals surface area contributed by atoms with Crippen molar-refractivity contribution in [3.63, 3.8) is 0 Å². The Kier molecular flexibility index (Phi) is 9.04. The molecule has 228 valence electrons. The van der Waals surface area contributed by atoms with Crippen molar-refractivity contribution in [1.29, 1.82) is 0 Å². The monoisotopic (exact) mass is 611 g/mol.